The highest BCUT2D eigenvalue weighted by Crippen LogP contribution is 2.27. The molecule has 1 amide bonds. The lowest BCUT2D eigenvalue weighted by atomic mass is 10.2. The number of hydrogen-bond donors (Lipinski definition) is 1. The normalized spacial score (nSPS) is 11.6. The van der Waals surface area contributed by atoms with Crippen molar-refractivity contribution in [2.24, 2.45) is 0 Å². The first kappa shape index (κ1) is 19.2. The van der Waals surface area contributed by atoms with Crippen LogP contribution in [0.4, 0.5) is 11.4 Å². The van der Waals surface area contributed by atoms with Gasteiger partial charge < -0.3 is 10.1 Å². The number of para-hydroxylation sites is 1. The van der Waals surface area contributed by atoms with Crippen molar-refractivity contribution in [3.8, 4) is 0 Å². The van der Waals surface area contributed by atoms with Gasteiger partial charge in [0.05, 0.1) is 21.2 Å². The number of nitrogens with one attached hydrogen (secondary N) is 1. The molecule has 9 heteroatoms. The molecular formula is C19H14ClN3O5. The molecule has 0 spiro atoms. The summed E-state index contributed by atoms with van der Waals surface area (Å²) in [5.41, 5.74) is 0.501. The number of rotatable bonds is 5. The Morgan fingerprint density at radius 2 is 1.93 bits per heavy atom. The van der Waals surface area contributed by atoms with Crippen molar-refractivity contribution in [3.63, 3.8) is 0 Å². The van der Waals surface area contributed by atoms with Crippen LogP contribution in [-0.4, -0.2) is 27.9 Å². The first-order chi connectivity index (χ1) is 13.3. The van der Waals surface area contributed by atoms with Crippen molar-refractivity contribution in [3.05, 3.63) is 75.4 Å². The summed E-state index contributed by atoms with van der Waals surface area (Å²) in [6, 6.07) is 14.1. The molecule has 1 aromatic heterocycles. The van der Waals surface area contributed by atoms with E-state index in [1.807, 2.05) is 12.1 Å². The van der Waals surface area contributed by atoms with Crippen LogP contribution in [0.3, 0.4) is 0 Å². The van der Waals surface area contributed by atoms with Gasteiger partial charge in [-0.15, -0.1) is 0 Å². The zero-order chi connectivity index (χ0) is 20.3. The third-order valence-electron chi connectivity index (χ3n) is 3.88. The summed E-state index contributed by atoms with van der Waals surface area (Å²) >= 11 is 5.95. The molecule has 142 valence electrons. The summed E-state index contributed by atoms with van der Waals surface area (Å²) in [6.07, 6.45) is -1.17. The first-order valence-corrected chi connectivity index (χ1v) is 8.54. The highest BCUT2D eigenvalue weighted by Gasteiger charge is 2.21. The number of non-ortho nitro benzene ring substituents is 1. The highest BCUT2D eigenvalue weighted by atomic mass is 35.5. The standard InChI is InChI=1S/C19H14ClN3O5/c1-11(18(24)22-17-10-13(23(26)27)7-8-14(17)20)28-19(25)16-9-6-12-4-2-3-5-15(12)21-16/h2-11H,1H3,(H,22,24)/t11-/m1/s1. The number of nitro benzene ring substituents is 1. The Hall–Kier alpha value is -3.52. The molecule has 0 aliphatic heterocycles. The van der Waals surface area contributed by atoms with Gasteiger partial charge in [0.1, 0.15) is 5.69 Å². The molecule has 0 aliphatic rings. The maximum absolute atomic E-state index is 12.3. The van der Waals surface area contributed by atoms with Crippen LogP contribution in [0, 0.1) is 10.1 Å². The number of hydrogen-bond acceptors (Lipinski definition) is 6. The van der Waals surface area contributed by atoms with Gasteiger partial charge in [-0.05, 0) is 25.1 Å². The Labute approximate surface area is 164 Å². The van der Waals surface area contributed by atoms with Gasteiger partial charge in [-0.25, -0.2) is 9.78 Å². The van der Waals surface area contributed by atoms with E-state index in [0.717, 1.165) is 11.5 Å². The number of fused-ring (bicyclic) bond motifs is 1. The second kappa shape index (κ2) is 8.01. The molecule has 0 fully saturated rings. The first-order valence-electron chi connectivity index (χ1n) is 8.17. The molecular weight excluding hydrogens is 386 g/mol. The minimum absolute atomic E-state index is 0.0487. The fraction of sp³-hybridized carbons (Fsp3) is 0.105. The van der Waals surface area contributed by atoms with Crippen LogP contribution in [0.2, 0.25) is 5.02 Å². The Kier molecular flexibility index (Phi) is 5.51. The van der Waals surface area contributed by atoms with Crippen molar-refractivity contribution in [1.29, 1.82) is 0 Å². The van der Waals surface area contributed by atoms with Crippen molar-refractivity contribution in [2.75, 3.05) is 5.32 Å². The SMILES string of the molecule is C[C@@H](OC(=O)c1ccc2ccccc2n1)C(=O)Nc1cc([N+](=O)[O-])ccc1Cl. The van der Waals surface area contributed by atoms with Gasteiger partial charge in [0.25, 0.3) is 11.6 Å². The van der Waals surface area contributed by atoms with Gasteiger partial charge in [0.15, 0.2) is 6.10 Å². The number of pyridine rings is 1. The second-order valence-corrected chi connectivity index (χ2v) is 6.25. The van der Waals surface area contributed by atoms with E-state index in [9.17, 15) is 19.7 Å². The number of benzene rings is 2. The molecule has 8 nitrogen and oxygen atoms in total. The summed E-state index contributed by atoms with van der Waals surface area (Å²) in [7, 11) is 0. The molecule has 1 atom stereocenters. The van der Waals surface area contributed by atoms with Crippen molar-refractivity contribution in [2.45, 2.75) is 13.0 Å². The van der Waals surface area contributed by atoms with Crippen molar-refractivity contribution >= 4 is 45.8 Å². The van der Waals surface area contributed by atoms with E-state index in [1.165, 1.54) is 25.1 Å². The van der Waals surface area contributed by atoms with Crippen LogP contribution in [-0.2, 0) is 9.53 Å². The third kappa shape index (κ3) is 4.24. The second-order valence-electron chi connectivity index (χ2n) is 5.85. The van der Waals surface area contributed by atoms with Crippen molar-refractivity contribution < 1.29 is 19.2 Å². The predicted octanol–water partition coefficient (Wildman–Crippen LogP) is 3.98. The van der Waals surface area contributed by atoms with E-state index in [1.54, 1.807) is 18.2 Å². The summed E-state index contributed by atoms with van der Waals surface area (Å²) in [5, 5.41) is 14.3. The van der Waals surface area contributed by atoms with Crippen LogP contribution in [0.15, 0.2) is 54.6 Å². The monoisotopic (exact) mass is 399 g/mol. The molecule has 0 saturated carbocycles. The number of ether oxygens (including phenoxy) is 1. The number of aromatic nitrogens is 1. The van der Waals surface area contributed by atoms with Crippen molar-refractivity contribution in [1.82, 2.24) is 4.98 Å². The van der Waals surface area contributed by atoms with Crippen LogP contribution in [0.25, 0.3) is 10.9 Å². The van der Waals surface area contributed by atoms with Gasteiger partial charge in [0, 0.05) is 17.5 Å². The largest absolute Gasteiger partial charge is 0.448 e. The molecule has 3 rings (SSSR count). The maximum Gasteiger partial charge on any atom is 0.357 e. The van der Waals surface area contributed by atoms with Crippen LogP contribution in [0.5, 0.6) is 0 Å². The summed E-state index contributed by atoms with van der Waals surface area (Å²) in [4.78, 5) is 39.0. The Balaban J connectivity index is 1.70. The summed E-state index contributed by atoms with van der Waals surface area (Å²) in [6.45, 7) is 1.37. The van der Waals surface area contributed by atoms with E-state index in [4.69, 9.17) is 16.3 Å². The summed E-state index contributed by atoms with van der Waals surface area (Å²) in [5.74, 6) is -1.45. The number of anilines is 1. The number of nitrogens with zero attached hydrogens (tertiary/aromatic N) is 2. The Morgan fingerprint density at radius 3 is 2.68 bits per heavy atom. The number of carbonyl (C=O) groups excluding carboxylic acids is 2. The van der Waals surface area contributed by atoms with E-state index in [2.05, 4.69) is 10.3 Å². The average molecular weight is 400 g/mol. The average Bonchev–Trinajstić information content (AvgIpc) is 2.68. The zero-order valence-electron chi connectivity index (χ0n) is 14.6. The minimum Gasteiger partial charge on any atom is -0.448 e. The lowest BCUT2D eigenvalue weighted by Gasteiger charge is -2.14. The molecule has 0 unspecified atom stereocenters. The molecule has 0 saturated heterocycles. The van der Waals surface area contributed by atoms with Crippen LogP contribution >= 0.6 is 11.6 Å². The number of carbonyl (C=O) groups is 2. The number of amides is 1. The van der Waals surface area contributed by atoms with Crippen LogP contribution < -0.4 is 5.32 Å². The third-order valence-corrected chi connectivity index (χ3v) is 4.21. The van der Waals surface area contributed by atoms with Gasteiger partial charge in [-0.2, -0.15) is 0 Å². The van der Waals surface area contributed by atoms with Gasteiger partial charge in [-0.1, -0.05) is 35.9 Å². The number of halogens is 1. The van der Waals surface area contributed by atoms with E-state index >= 15 is 0 Å². The molecule has 0 aliphatic carbocycles. The minimum atomic E-state index is -1.17. The predicted molar refractivity (Wildman–Crippen MR) is 103 cm³/mol. The van der Waals surface area contributed by atoms with E-state index < -0.39 is 22.9 Å². The van der Waals surface area contributed by atoms with E-state index in [-0.39, 0.29) is 22.1 Å². The van der Waals surface area contributed by atoms with Crippen LogP contribution in [0.1, 0.15) is 17.4 Å². The molecule has 28 heavy (non-hydrogen) atoms. The zero-order valence-corrected chi connectivity index (χ0v) is 15.3. The lowest BCUT2D eigenvalue weighted by molar-refractivity contribution is -0.384. The number of esters is 1. The van der Waals surface area contributed by atoms with Gasteiger partial charge >= 0.3 is 5.97 Å². The molecule has 1 N–H and O–H groups in total. The number of nitro groups is 1. The fourth-order valence-corrected chi connectivity index (χ4v) is 2.58. The molecule has 0 radical (unpaired) electrons. The Morgan fingerprint density at radius 1 is 1.18 bits per heavy atom. The fourth-order valence-electron chi connectivity index (χ4n) is 2.41. The highest BCUT2D eigenvalue weighted by molar-refractivity contribution is 6.33. The Bertz CT molecular complexity index is 1090. The molecule has 3 aromatic rings. The lowest BCUT2D eigenvalue weighted by Crippen LogP contribution is -2.30. The topological polar surface area (TPSA) is 111 Å². The quantitative estimate of drug-likeness (QED) is 0.394. The smallest absolute Gasteiger partial charge is 0.357 e. The molecule has 0 bridgehead atoms. The van der Waals surface area contributed by atoms with Gasteiger partial charge in [0.2, 0.25) is 0 Å². The van der Waals surface area contributed by atoms with E-state index in [0.29, 0.717) is 5.52 Å². The van der Waals surface area contributed by atoms with Gasteiger partial charge in [-0.3, -0.25) is 14.9 Å². The molecule has 2 aromatic carbocycles. The molecule has 1 heterocycles. The summed E-state index contributed by atoms with van der Waals surface area (Å²) < 4.78 is 5.15. The maximum atomic E-state index is 12.3.